The Morgan fingerprint density at radius 2 is 1.59 bits per heavy atom. The van der Waals surface area contributed by atoms with E-state index >= 15 is 0 Å². The van der Waals surface area contributed by atoms with Crippen molar-refractivity contribution < 1.29 is 0 Å². The van der Waals surface area contributed by atoms with Crippen molar-refractivity contribution in [3.63, 3.8) is 0 Å². The Labute approximate surface area is 183 Å². The predicted octanol–water partition coefficient (Wildman–Crippen LogP) is 5.42. The third-order valence-corrected chi connectivity index (χ3v) is 6.68. The number of hydrogen-bond donors (Lipinski definition) is 0. The number of fused-ring (bicyclic) bond motifs is 2. The van der Waals surface area contributed by atoms with E-state index in [0.717, 1.165) is 24.5 Å². The molecule has 2 aromatic rings. The first kappa shape index (κ1) is 22.7. The molecule has 0 atom stereocenters. The molecule has 0 saturated carbocycles. The fourth-order valence-electron chi connectivity index (χ4n) is 3.58. The van der Waals surface area contributed by atoms with Crippen LogP contribution in [-0.4, -0.2) is 56.1 Å². The Morgan fingerprint density at radius 1 is 0.889 bits per heavy atom. The summed E-state index contributed by atoms with van der Waals surface area (Å²) in [5, 5.41) is 0.848. The molecule has 1 saturated heterocycles. The fraction of sp³-hybridized carbons (Fsp3) is 0.400. The van der Waals surface area contributed by atoms with E-state index in [4.69, 9.17) is 11.6 Å². The van der Waals surface area contributed by atoms with E-state index in [1.807, 2.05) is 6.07 Å². The maximum atomic E-state index is 6.48. The normalized spacial score (nSPS) is 16.7. The van der Waals surface area contributed by atoms with E-state index in [1.54, 1.807) is 11.8 Å². The van der Waals surface area contributed by atoms with Crippen molar-refractivity contribution in [2.24, 2.45) is 0 Å². The summed E-state index contributed by atoms with van der Waals surface area (Å²) in [6.45, 7) is 6.92. The Hall–Kier alpha value is -0.620. The molecule has 7 heteroatoms. The highest BCUT2D eigenvalue weighted by atomic mass is 35.5. The minimum absolute atomic E-state index is 0. The third kappa shape index (κ3) is 5.06. The molecule has 0 radical (unpaired) electrons. The summed E-state index contributed by atoms with van der Waals surface area (Å²) in [6, 6.07) is 14.9. The number of para-hydroxylation sites is 1. The van der Waals surface area contributed by atoms with Crippen LogP contribution in [-0.2, 0) is 0 Å². The van der Waals surface area contributed by atoms with Crippen molar-refractivity contribution in [2.45, 2.75) is 16.2 Å². The van der Waals surface area contributed by atoms with E-state index in [2.05, 4.69) is 58.1 Å². The minimum atomic E-state index is 0. The zero-order valence-electron chi connectivity index (χ0n) is 15.4. The molecule has 0 unspecified atom stereocenters. The summed E-state index contributed by atoms with van der Waals surface area (Å²) in [6.07, 6.45) is 1.16. The first-order valence-corrected chi connectivity index (χ1v) is 10.2. The van der Waals surface area contributed by atoms with Crippen LogP contribution < -0.4 is 4.90 Å². The van der Waals surface area contributed by atoms with Crippen molar-refractivity contribution in [1.29, 1.82) is 0 Å². The second kappa shape index (κ2) is 10.2. The van der Waals surface area contributed by atoms with Gasteiger partial charge in [0.05, 0.1) is 21.3 Å². The number of rotatable bonds is 4. The number of likely N-dealkylation sites (N-methyl/N-ethyl adjacent to an activating group) is 1. The Morgan fingerprint density at radius 3 is 2.37 bits per heavy atom. The van der Waals surface area contributed by atoms with Gasteiger partial charge in [0.15, 0.2) is 0 Å². The molecule has 27 heavy (non-hydrogen) atoms. The number of hydrogen-bond acceptors (Lipinski definition) is 4. The van der Waals surface area contributed by atoms with Crippen molar-refractivity contribution in [3.8, 4) is 0 Å². The molecule has 4 rings (SSSR count). The lowest BCUT2D eigenvalue weighted by Crippen LogP contribution is -2.45. The lowest BCUT2D eigenvalue weighted by Gasteiger charge is -2.35. The second-order valence-corrected chi connectivity index (χ2v) is 8.27. The summed E-state index contributed by atoms with van der Waals surface area (Å²) < 4.78 is 0. The van der Waals surface area contributed by atoms with Gasteiger partial charge in [0.2, 0.25) is 0 Å². The quantitative estimate of drug-likeness (QED) is 0.619. The molecule has 0 N–H and O–H groups in total. The number of anilines is 2. The van der Waals surface area contributed by atoms with Crippen molar-refractivity contribution in [2.75, 3.05) is 51.2 Å². The third-order valence-electron chi connectivity index (χ3n) is 5.06. The van der Waals surface area contributed by atoms with E-state index in [-0.39, 0.29) is 24.8 Å². The van der Waals surface area contributed by atoms with E-state index in [1.165, 1.54) is 47.3 Å². The summed E-state index contributed by atoms with van der Waals surface area (Å²) >= 11 is 8.27. The first-order valence-electron chi connectivity index (χ1n) is 8.96. The molecule has 2 aliphatic heterocycles. The molecule has 0 bridgehead atoms. The summed E-state index contributed by atoms with van der Waals surface area (Å²) in [5.74, 6) is 0. The molecule has 3 nitrogen and oxygen atoms in total. The highest BCUT2D eigenvalue weighted by Gasteiger charge is 2.24. The van der Waals surface area contributed by atoms with Gasteiger partial charge in [-0.1, -0.05) is 41.6 Å². The molecule has 0 amide bonds. The fourth-order valence-corrected chi connectivity index (χ4v) is 4.96. The zero-order chi connectivity index (χ0) is 17.2. The van der Waals surface area contributed by atoms with Crippen LogP contribution in [0.3, 0.4) is 0 Å². The van der Waals surface area contributed by atoms with Gasteiger partial charge in [0.1, 0.15) is 0 Å². The summed E-state index contributed by atoms with van der Waals surface area (Å²) in [5.41, 5.74) is 2.55. The maximum absolute atomic E-state index is 6.48. The highest BCUT2D eigenvalue weighted by Crippen LogP contribution is 2.50. The van der Waals surface area contributed by atoms with Gasteiger partial charge < -0.3 is 14.7 Å². The van der Waals surface area contributed by atoms with Crippen LogP contribution in [0.5, 0.6) is 0 Å². The van der Waals surface area contributed by atoms with Gasteiger partial charge >= 0.3 is 0 Å². The number of halogens is 3. The molecule has 2 heterocycles. The molecule has 1 fully saturated rings. The van der Waals surface area contributed by atoms with Gasteiger partial charge in [-0.3, -0.25) is 0 Å². The largest absolute Gasteiger partial charge is 0.340 e. The van der Waals surface area contributed by atoms with E-state index in [0.29, 0.717) is 0 Å². The summed E-state index contributed by atoms with van der Waals surface area (Å²) in [7, 11) is 2.21. The molecule has 2 aliphatic rings. The van der Waals surface area contributed by atoms with Crippen LogP contribution in [0, 0.1) is 0 Å². The molecule has 148 valence electrons. The van der Waals surface area contributed by atoms with Gasteiger partial charge in [-0.15, -0.1) is 24.8 Å². The molecule has 2 aromatic carbocycles. The lowest BCUT2D eigenvalue weighted by molar-refractivity contribution is 0.153. The zero-order valence-corrected chi connectivity index (χ0v) is 18.6. The Kier molecular flexibility index (Phi) is 8.60. The molecular formula is C20H26Cl3N3S. The van der Waals surface area contributed by atoms with Gasteiger partial charge in [0.25, 0.3) is 0 Å². The number of piperazine rings is 1. The second-order valence-electron chi connectivity index (χ2n) is 6.81. The highest BCUT2D eigenvalue weighted by molar-refractivity contribution is 7.99. The van der Waals surface area contributed by atoms with Crippen molar-refractivity contribution in [1.82, 2.24) is 9.80 Å². The first-order chi connectivity index (χ1) is 12.2. The number of nitrogens with zero attached hydrogens (tertiary/aromatic N) is 3. The SMILES string of the molecule is CN1CCN(CCCN2c3ccccc3Sc3c(Cl)cccc32)CC1.Cl.Cl. The predicted molar refractivity (Wildman–Crippen MR) is 122 cm³/mol. The minimum Gasteiger partial charge on any atom is -0.340 e. The molecule has 0 spiro atoms. The molecular weight excluding hydrogens is 421 g/mol. The summed E-state index contributed by atoms with van der Waals surface area (Å²) in [4.78, 5) is 9.92. The van der Waals surface area contributed by atoms with Crippen LogP contribution in [0.1, 0.15) is 6.42 Å². The average Bonchev–Trinajstić information content (AvgIpc) is 2.63. The van der Waals surface area contributed by atoms with Crippen molar-refractivity contribution in [3.05, 3.63) is 47.5 Å². The lowest BCUT2D eigenvalue weighted by atomic mass is 10.2. The van der Waals surface area contributed by atoms with Gasteiger partial charge in [0, 0.05) is 37.6 Å². The smallest absolute Gasteiger partial charge is 0.0568 e. The monoisotopic (exact) mass is 445 g/mol. The average molecular weight is 447 g/mol. The van der Waals surface area contributed by atoms with Crippen LogP contribution >= 0.6 is 48.2 Å². The maximum Gasteiger partial charge on any atom is 0.0568 e. The van der Waals surface area contributed by atoms with E-state index < -0.39 is 0 Å². The van der Waals surface area contributed by atoms with Gasteiger partial charge in [-0.25, -0.2) is 0 Å². The molecule has 0 aromatic heterocycles. The Balaban J connectivity index is 0.00000131. The van der Waals surface area contributed by atoms with Crippen LogP contribution in [0.4, 0.5) is 11.4 Å². The number of benzene rings is 2. The van der Waals surface area contributed by atoms with Crippen LogP contribution in [0.2, 0.25) is 5.02 Å². The van der Waals surface area contributed by atoms with Gasteiger partial charge in [-0.05, 0) is 44.3 Å². The topological polar surface area (TPSA) is 9.72 Å². The van der Waals surface area contributed by atoms with E-state index in [9.17, 15) is 0 Å². The Bertz CT molecular complexity index is 751. The standard InChI is InChI=1S/C20H24ClN3S.2ClH/c1-22-12-14-23(15-13-22)10-5-11-24-17-7-2-3-9-19(17)25-20-16(21)6-4-8-18(20)24;;/h2-4,6-9H,5,10-15H2,1H3;2*1H. The van der Waals surface area contributed by atoms with Gasteiger partial charge in [-0.2, -0.15) is 0 Å². The van der Waals surface area contributed by atoms with Crippen molar-refractivity contribution >= 4 is 59.6 Å². The molecule has 0 aliphatic carbocycles. The van der Waals surface area contributed by atoms with Crippen LogP contribution in [0.15, 0.2) is 52.3 Å². The van der Waals surface area contributed by atoms with Crippen LogP contribution in [0.25, 0.3) is 0 Å².